The van der Waals surface area contributed by atoms with Crippen LogP contribution in [0.4, 0.5) is 4.79 Å². The van der Waals surface area contributed by atoms with Crippen molar-refractivity contribution in [2.75, 3.05) is 19.7 Å². The predicted octanol–water partition coefficient (Wildman–Crippen LogP) is 2.13. The van der Waals surface area contributed by atoms with E-state index < -0.39 is 30.1 Å². The van der Waals surface area contributed by atoms with Crippen LogP contribution < -0.4 is 5.32 Å². The molecule has 1 saturated heterocycles. The monoisotopic (exact) mass is 436 g/mol. The molecule has 166 valence electrons. The first-order valence-electron chi connectivity index (χ1n) is 10.4. The molecule has 2 atom stereocenters. The van der Waals surface area contributed by atoms with Crippen molar-refractivity contribution in [3.63, 3.8) is 0 Å². The number of β-amino-alcohol motifs (C(OH)–C–C–N with tert-alkyl or cyclic N) is 1. The summed E-state index contributed by atoms with van der Waals surface area (Å²) in [5.41, 5.74) is 4.52. The molecule has 4 rings (SSSR count). The van der Waals surface area contributed by atoms with Gasteiger partial charge in [-0.05, 0) is 22.3 Å². The van der Waals surface area contributed by atoms with Gasteiger partial charge >= 0.3 is 12.1 Å². The third-order valence-electron chi connectivity index (χ3n) is 5.82. The molecule has 0 unspecified atom stereocenters. The summed E-state index contributed by atoms with van der Waals surface area (Å²) in [5, 5.41) is 21.4. The molecule has 0 saturated carbocycles. The Kier molecular flexibility index (Phi) is 6.23. The number of rotatable bonds is 6. The molecule has 0 bridgehead atoms. The summed E-state index contributed by atoms with van der Waals surface area (Å²) in [4.78, 5) is 36.7. The van der Waals surface area contributed by atoms with Crippen molar-refractivity contribution in [1.82, 2.24) is 10.2 Å². The van der Waals surface area contributed by atoms with E-state index in [0.717, 1.165) is 27.2 Å². The first kappa shape index (κ1) is 21.6. The quantitative estimate of drug-likeness (QED) is 0.598. The molecule has 8 heteroatoms. The van der Waals surface area contributed by atoms with Crippen molar-refractivity contribution in [3.05, 3.63) is 71.8 Å². The molecule has 3 N–H and O–H groups in total. The number of hydrogen-bond donors (Lipinski definition) is 3. The van der Waals surface area contributed by atoms with Gasteiger partial charge in [0.1, 0.15) is 12.6 Å². The van der Waals surface area contributed by atoms with Crippen LogP contribution in [0.25, 0.3) is 11.1 Å². The maximum absolute atomic E-state index is 12.2. The predicted molar refractivity (Wildman–Crippen MR) is 116 cm³/mol. The lowest BCUT2D eigenvalue weighted by Crippen LogP contribution is -2.39. The van der Waals surface area contributed by atoms with Crippen LogP contribution >= 0.6 is 0 Å². The number of carbonyl (C=O) groups excluding carboxylic acids is 2. The van der Waals surface area contributed by atoms with Gasteiger partial charge in [0.2, 0.25) is 5.91 Å². The minimum atomic E-state index is -1.15. The van der Waals surface area contributed by atoms with Crippen LogP contribution in [0.15, 0.2) is 60.7 Å². The lowest BCUT2D eigenvalue weighted by Gasteiger charge is -2.19. The van der Waals surface area contributed by atoms with E-state index in [0.29, 0.717) is 0 Å². The van der Waals surface area contributed by atoms with E-state index in [1.54, 1.807) is 0 Å². The Morgan fingerprint density at radius 3 is 2.31 bits per heavy atom. The number of hydrogen-bond acceptors (Lipinski definition) is 5. The van der Waals surface area contributed by atoms with Crippen molar-refractivity contribution in [3.8, 4) is 11.1 Å². The van der Waals surface area contributed by atoms with Gasteiger partial charge in [-0.15, -0.1) is 0 Å². The van der Waals surface area contributed by atoms with Gasteiger partial charge in [0, 0.05) is 31.5 Å². The third-order valence-corrected chi connectivity index (χ3v) is 5.82. The number of benzene rings is 2. The Balaban J connectivity index is 1.28. The zero-order valence-corrected chi connectivity index (χ0v) is 17.3. The first-order chi connectivity index (χ1) is 15.5. The molecule has 1 aliphatic heterocycles. The number of nitrogens with zero attached hydrogens (tertiary/aromatic N) is 1. The van der Waals surface area contributed by atoms with Crippen molar-refractivity contribution >= 4 is 18.0 Å². The van der Waals surface area contributed by atoms with Crippen molar-refractivity contribution in [2.24, 2.45) is 0 Å². The van der Waals surface area contributed by atoms with Gasteiger partial charge in [0.15, 0.2) is 0 Å². The number of carbonyl (C=O) groups is 3. The summed E-state index contributed by atoms with van der Waals surface area (Å²) in [6.45, 7) is 0.213. The highest BCUT2D eigenvalue weighted by molar-refractivity contribution is 5.91. The topological polar surface area (TPSA) is 116 Å². The SMILES string of the molecule is O=C(NC/C=C/C(=O)N1C[C@H](O)C[C@H]1C(=O)O)OCC1c2ccccc2-c2ccccc21. The average molecular weight is 436 g/mol. The molecular weight excluding hydrogens is 412 g/mol. The number of alkyl carbamates (subject to hydrolysis) is 1. The molecule has 0 radical (unpaired) electrons. The van der Waals surface area contributed by atoms with Crippen LogP contribution in [-0.2, 0) is 14.3 Å². The number of aliphatic hydroxyl groups is 1. The lowest BCUT2D eigenvalue weighted by molar-refractivity contribution is -0.146. The Hall–Kier alpha value is -3.65. The highest BCUT2D eigenvalue weighted by Crippen LogP contribution is 2.44. The highest BCUT2D eigenvalue weighted by atomic mass is 16.5. The summed E-state index contributed by atoms with van der Waals surface area (Å²) in [6, 6.07) is 15.1. The number of ether oxygens (including phenoxy) is 1. The number of amides is 2. The number of fused-ring (bicyclic) bond motifs is 3. The summed E-state index contributed by atoms with van der Waals surface area (Å²) in [6.07, 6.45) is 1.16. The van der Waals surface area contributed by atoms with Crippen LogP contribution in [-0.4, -0.2) is 64.9 Å². The third kappa shape index (κ3) is 4.36. The molecule has 2 aliphatic rings. The van der Waals surface area contributed by atoms with Crippen LogP contribution in [0.2, 0.25) is 0 Å². The molecule has 1 aliphatic carbocycles. The molecule has 0 aromatic heterocycles. The maximum atomic E-state index is 12.2. The van der Waals surface area contributed by atoms with Crippen LogP contribution in [0.3, 0.4) is 0 Å². The summed E-state index contributed by atoms with van der Waals surface area (Å²) in [5.74, 6) is -1.72. The van der Waals surface area contributed by atoms with Crippen LogP contribution in [0.1, 0.15) is 23.5 Å². The molecular formula is C24H24N2O6. The fourth-order valence-electron chi connectivity index (χ4n) is 4.34. The first-order valence-corrected chi connectivity index (χ1v) is 10.4. The van der Waals surface area contributed by atoms with Gasteiger partial charge in [0.05, 0.1) is 6.10 Å². The van der Waals surface area contributed by atoms with E-state index in [2.05, 4.69) is 17.4 Å². The number of nitrogens with one attached hydrogen (secondary N) is 1. The Labute approximate surface area is 185 Å². The Bertz CT molecular complexity index is 1020. The second kappa shape index (κ2) is 9.23. The molecule has 32 heavy (non-hydrogen) atoms. The second-order valence-electron chi connectivity index (χ2n) is 7.84. The smallest absolute Gasteiger partial charge is 0.407 e. The minimum Gasteiger partial charge on any atom is -0.480 e. The number of likely N-dealkylation sites (tertiary alicyclic amines) is 1. The van der Waals surface area contributed by atoms with Crippen LogP contribution in [0.5, 0.6) is 0 Å². The lowest BCUT2D eigenvalue weighted by atomic mass is 9.98. The van der Waals surface area contributed by atoms with Gasteiger partial charge < -0.3 is 25.2 Å². The fourth-order valence-corrected chi connectivity index (χ4v) is 4.34. The standard InChI is InChI=1S/C24H24N2O6/c27-15-12-21(23(29)30)26(13-15)22(28)10-5-11-25-24(31)32-14-20-18-8-3-1-6-16(18)17-7-2-4-9-19(17)20/h1-10,15,20-21,27H,11-14H2,(H,25,31)(H,29,30)/b10-5+/t15-,21+/m1/s1. The van der Waals surface area contributed by atoms with E-state index in [9.17, 15) is 19.5 Å². The highest BCUT2D eigenvalue weighted by Gasteiger charge is 2.38. The molecule has 0 spiro atoms. The van der Waals surface area contributed by atoms with Gasteiger partial charge in [-0.3, -0.25) is 4.79 Å². The number of carboxylic acid groups (broad SMARTS) is 1. The van der Waals surface area contributed by atoms with Crippen molar-refractivity contribution in [2.45, 2.75) is 24.5 Å². The van der Waals surface area contributed by atoms with E-state index in [1.807, 2.05) is 36.4 Å². The van der Waals surface area contributed by atoms with Gasteiger partial charge in [-0.25, -0.2) is 9.59 Å². The summed E-state index contributed by atoms with van der Waals surface area (Å²) >= 11 is 0. The van der Waals surface area contributed by atoms with E-state index in [1.165, 1.54) is 12.2 Å². The second-order valence-corrected chi connectivity index (χ2v) is 7.84. The molecule has 2 amide bonds. The molecule has 1 heterocycles. The van der Waals surface area contributed by atoms with Crippen molar-refractivity contribution < 1.29 is 29.3 Å². The fraction of sp³-hybridized carbons (Fsp3) is 0.292. The largest absolute Gasteiger partial charge is 0.480 e. The normalized spacial score (nSPS) is 19.6. The number of carboxylic acids is 1. The van der Waals surface area contributed by atoms with Crippen molar-refractivity contribution in [1.29, 1.82) is 0 Å². The summed E-state index contributed by atoms with van der Waals surface area (Å²) < 4.78 is 5.42. The van der Waals surface area contributed by atoms with E-state index in [-0.39, 0.29) is 32.0 Å². The molecule has 2 aromatic rings. The Morgan fingerprint density at radius 1 is 1.06 bits per heavy atom. The number of aliphatic carboxylic acids is 1. The van der Waals surface area contributed by atoms with Crippen LogP contribution in [0, 0.1) is 0 Å². The van der Waals surface area contributed by atoms with Gasteiger partial charge in [-0.2, -0.15) is 0 Å². The zero-order valence-electron chi connectivity index (χ0n) is 17.3. The molecule has 8 nitrogen and oxygen atoms in total. The molecule has 2 aromatic carbocycles. The average Bonchev–Trinajstić information content (AvgIpc) is 3.34. The Morgan fingerprint density at radius 2 is 1.69 bits per heavy atom. The van der Waals surface area contributed by atoms with Gasteiger partial charge in [-0.1, -0.05) is 54.6 Å². The summed E-state index contributed by atoms with van der Waals surface area (Å²) in [7, 11) is 0. The molecule has 1 fully saturated rings. The zero-order chi connectivity index (χ0) is 22.7. The maximum Gasteiger partial charge on any atom is 0.407 e. The van der Waals surface area contributed by atoms with E-state index >= 15 is 0 Å². The number of aliphatic hydroxyl groups excluding tert-OH is 1. The minimum absolute atomic E-state index is 0.00686. The van der Waals surface area contributed by atoms with E-state index in [4.69, 9.17) is 9.84 Å². The van der Waals surface area contributed by atoms with Gasteiger partial charge in [0.25, 0.3) is 0 Å².